The number of aliphatic imine (C=N–C) groups is 1. The zero-order valence-corrected chi connectivity index (χ0v) is 16.4. The van der Waals surface area contributed by atoms with Crippen molar-refractivity contribution in [2.24, 2.45) is 10.4 Å². The third-order valence-electron chi connectivity index (χ3n) is 6.21. The summed E-state index contributed by atoms with van der Waals surface area (Å²) in [6, 6.07) is 22.2. The smallest absolute Gasteiger partial charge is 0.205 e. The van der Waals surface area contributed by atoms with Gasteiger partial charge in [0.1, 0.15) is 5.75 Å². The molecule has 0 fully saturated rings. The van der Waals surface area contributed by atoms with E-state index in [1.165, 1.54) is 11.1 Å². The molecule has 0 aromatic heterocycles. The number of nitriles is 1. The molecule has 0 N–H and O–H groups in total. The van der Waals surface area contributed by atoms with Gasteiger partial charge in [-0.2, -0.15) is 10.3 Å². The molecular weight excluding hydrogens is 370 g/mol. The third kappa shape index (κ3) is 2.95. The summed E-state index contributed by atoms with van der Waals surface area (Å²) in [4.78, 5) is 7.89. The standard InChI is InChI=1S/C26H19N3O/c1-28-22-7-4-6-18(13-22)19-9-10-20-15-26(25(29-17-27)23(20)14-19)11-12-30-24-8-3-2-5-21(24)16-26/h2-10,13-14H,11-12,15-16H2/b29-25-. The van der Waals surface area contributed by atoms with Crippen LogP contribution >= 0.6 is 0 Å². The van der Waals surface area contributed by atoms with Gasteiger partial charge in [-0.05, 0) is 59.7 Å². The zero-order valence-electron chi connectivity index (χ0n) is 16.4. The zero-order chi connectivity index (χ0) is 20.6. The van der Waals surface area contributed by atoms with Crippen LogP contribution in [-0.2, 0) is 12.8 Å². The summed E-state index contributed by atoms with van der Waals surface area (Å²) in [5, 5.41) is 9.48. The Bertz CT molecular complexity index is 1260. The number of hydrogen-bond acceptors (Lipinski definition) is 3. The van der Waals surface area contributed by atoms with Gasteiger partial charge in [-0.25, -0.2) is 4.85 Å². The van der Waals surface area contributed by atoms with Gasteiger partial charge in [0, 0.05) is 11.0 Å². The fourth-order valence-corrected chi connectivity index (χ4v) is 4.80. The van der Waals surface area contributed by atoms with E-state index in [-0.39, 0.29) is 5.41 Å². The second-order valence-electron chi connectivity index (χ2n) is 7.93. The second kappa shape index (κ2) is 7.17. The molecule has 1 aliphatic carbocycles. The second-order valence-corrected chi connectivity index (χ2v) is 7.93. The van der Waals surface area contributed by atoms with Crippen LogP contribution in [0.4, 0.5) is 5.69 Å². The summed E-state index contributed by atoms with van der Waals surface area (Å²) in [6.07, 6.45) is 4.53. The van der Waals surface area contributed by atoms with E-state index in [2.05, 4.69) is 40.3 Å². The lowest BCUT2D eigenvalue weighted by Gasteiger charge is -2.27. The average Bonchev–Trinajstić information content (AvgIpc) is 2.94. The van der Waals surface area contributed by atoms with Gasteiger partial charge < -0.3 is 4.74 Å². The van der Waals surface area contributed by atoms with Crippen LogP contribution in [0.15, 0.2) is 71.7 Å². The normalized spacial score (nSPS) is 20.5. The van der Waals surface area contributed by atoms with Crippen molar-refractivity contribution in [3.63, 3.8) is 0 Å². The first-order chi connectivity index (χ1) is 14.7. The molecule has 3 aromatic carbocycles. The third-order valence-corrected chi connectivity index (χ3v) is 6.21. The fourth-order valence-electron chi connectivity index (χ4n) is 4.80. The Morgan fingerprint density at radius 1 is 0.967 bits per heavy atom. The first-order valence-corrected chi connectivity index (χ1v) is 10.0. The maximum Gasteiger partial charge on any atom is 0.205 e. The molecule has 1 unspecified atom stereocenters. The highest BCUT2D eigenvalue weighted by Gasteiger charge is 2.45. The Morgan fingerprint density at radius 3 is 2.67 bits per heavy atom. The van der Waals surface area contributed by atoms with E-state index in [0.29, 0.717) is 12.3 Å². The Kier molecular flexibility index (Phi) is 4.34. The molecule has 2 aliphatic rings. The van der Waals surface area contributed by atoms with E-state index in [1.807, 2.05) is 42.5 Å². The van der Waals surface area contributed by atoms with Gasteiger partial charge in [0.2, 0.25) is 6.19 Å². The maximum absolute atomic E-state index is 9.48. The number of ether oxygens (including phenoxy) is 1. The van der Waals surface area contributed by atoms with Crippen LogP contribution in [0.3, 0.4) is 0 Å². The summed E-state index contributed by atoms with van der Waals surface area (Å²) in [7, 11) is 0. The van der Waals surface area contributed by atoms with E-state index in [1.54, 1.807) is 0 Å². The first kappa shape index (κ1) is 18.2. The minimum Gasteiger partial charge on any atom is -0.493 e. The highest BCUT2D eigenvalue weighted by molar-refractivity contribution is 6.10. The summed E-state index contributed by atoms with van der Waals surface area (Å²) >= 11 is 0. The van der Waals surface area contributed by atoms with Crippen LogP contribution in [0.5, 0.6) is 5.75 Å². The van der Waals surface area contributed by atoms with Crippen LogP contribution in [-0.4, -0.2) is 12.3 Å². The molecule has 3 aromatic rings. The van der Waals surface area contributed by atoms with Crippen LogP contribution in [0.1, 0.15) is 23.1 Å². The van der Waals surface area contributed by atoms with Crippen LogP contribution < -0.4 is 4.74 Å². The van der Waals surface area contributed by atoms with Crippen LogP contribution in [0.2, 0.25) is 0 Å². The Labute approximate surface area is 175 Å². The average molecular weight is 389 g/mol. The Morgan fingerprint density at radius 2 is 1.80 bits per heavy atom. The molecule has 144 valence electrons. The number of rotatable bonds is 1. The van der Waals surface area contributed by atoms with Crippen molar-refractivity contribution >= 4 is 11.4 Å². The van der Waals surface area contributed by atoms with Crippen molar-refractivity contribution in [3.05, 3.63) is 94.8 Å². The van der Waals surface area contributed by atoms with Gasteiger partial charge in [0.05, 0.1) is 18.9 Å². The minimum atomic E-state index is -0.234. The Hall–Kier alpha value is -3.89. The summed E-state index contributed by atoms with van der Waals surface area (Å²) < 4.78 is 6.01. The SMILES string of the molecule is [C-]#[N+]c1cccc(-c2ccc3c(c2)/C(=N/C#N)C2(CCOc4ccccc4C2)C3)c1. The van der Waals surface area contributed by atoms with Crippen molar-refractivity contribution < 1.29 is 4.74 Å². The van der Waals surface area contributed by atoms with Crippen LogP contribution in [0.25, 0.3) is 16.0 Å². The minimum absolute atomic E-state index is 0.234. The molecule has 5 rings (SSSR count). The molecule has 0 bridgehead atoms. The van der Waals surface area contributed by atoms with Gasteiger partial charge in [-0.15, -0.1) is 0 Å². The molecule has 0 radical (unpaired) electrons. The van der Waals surface area contributed by atoms with Crippen molar-refractivity contribution in [1.29, 1.82) is 5.26 Å². The summed E-state index contributed by atoms with van der Waals surface area (Å²) in [5.41, 5.74) is 6.71. The van der Waals surface area contributed by atoms with Gasteiger partial charge in [-0.1, -0.05) is 48.5 Å². The first-order valence-electron chi connectivity index (χ1n) is 10.0. The van der Waals surface area contributed by atoms with Crippen molar-refractivity contribution in [1.82, 2.24) is 0 Å². The highest BCUT2D eigenvalue weighted by atomic mass is 16.5. The predicted octanol–water partition coefficient (Wildman–Crippen LogP) is 5.74. The Balaban J connectivity index is 1.61. The molecule has 1 heterocycles. The molecule has 0 saturated carbocycles. The topological polar surface area (TPSA) is 49.7 Å². The molecule has 1 aliphatic heterocycles. The monoisotopic (exact) mass is 389 g/mol. The summed E-state index contributed by atoms with van der Waals surface area (Å²) in [6.45, 7) is 7.89. The maximum atomic E-state index is 9.48. The lowest BCUT2D eigenvalue weighted by molar-refractivity contribution is 0.273. The lowest BCUT2D eigenvalue weighted by Crippen LogP contribution is -2.32. The molecule has 4 heteroatoms. The fraction of sp³-hybridized carbons (Fsp3) is 0.192. The largest absolute Gasteiger partial charge is 0.493 e. The number of hydrogen-bond donors (Lipinski definition) is 0. The summed E-state index contributed by atoms with van der Waals surface area (Å²) in [5.74, 6) is 0.929. The molecule has 4 nitrogen and oxygen atoms in total. The van der Waals surface area contributed by atoms with E-state index < -0.39 is 0 Å². The van der Waals surface area contributed by atoms with Gasteiger partial charge >= 0.3 is 0 Å². The molecule has 0 amide bonds. The van der Waals surface area contributed by atoms with Gasteiger partial charge in [-0.3, -0.25) is 0 Å². The number of benzene rings is 3. The van der Waals surface area contributed by atoms with E-state index >= 15 is 0 Å². The quantitative estimate of drug-likeness (QED) is 0.393. The van der Waals surface area contributed by atoms with Crippen molar-refractivity contribution in [2.75, 3.05) is 6.61 Å². The highest BCUT2D eigenvalue weighted by Crippen LogP contribution is 2.46. The van der Waals surface area contributed by atoms with Crippen LogP contribution in [0, 0.1) is 23.4 Å². The predicted molar refractivity (Wildman–Crippen MR) is 117 cm³/mol. The molecular formula is C26H19N3O. The number of nitrogens with zero attached hydrogens (tertiary/aromatic N) is 3. The number of para-hydroxylation sites is 1. The molecule has 1 atom stereocenters. The van der Waals surface area contributed by atoms with Gasteiger partial charge in [0.25, 0.3) is 0 Å². The van der Waals surface area contributed by atoms with Crippen molar-refractivity contribution in [3.8, 4) is 23.1 Å². The van der Waals surface area contributed by atoms with E-state index in [9.17, 15) is 5.26 Å². The number of fused-ring (bicyclic) bond motifs is 2. The van der Waals surface area contributed by atoms with E-state index in [4.69, 9.17) is 11.3 Å². The van der Waals surface area contributed by atoms with Gasteiger partial charge in [0.15, 0.2) is 5.69 Å². The molecule has 1 spiro atoms. The van der Waals surface area contributed by atoms with Crippen molar-refractivity contribution in [2.45, 2.75) is 19.3 Å². The van der Waals surface area contributed by atoms with E-state index in [0.717, 1.165) is 47.4 Å². The molecule has 30 heavy (non-hydrogen) atoms. The molecule has 0 saturated heterocycles. The lowest BCUT2D eigenvalue weighted by atomic mass is 9.75.